The quantitative estimate of drug-likeness (QED) is 0.791. The normalized spacial score (nSPS) is 20.2. The number of hydrogen-bond acceptors (Lipinski definition) is 4. The highest BCUT2D eigenvalue weighted by Crippen LogP contribution is 2.32. The summed E-state index contributed by atoms with van der Waals surface area (Å²) in [5.41, 5.74) is 0. The molecule has 1 heterocycles. The lowest BCUT2D eigenvalue weighted by Gasteiger charge is -2.25. The summed E-state index contributed by atoms with van der Waals surface area (Å²) < 4.78 is 2.26. The van der Waals surface area contributed by atoms with Gasteiger partial charge in [-0.25, -0.2) is 0 Å². The number of rotatable bonds is 6. The minimum Gasteiger partial charge on any atom is -0.355 e. The Hall–Kier alpha value is -1.04. The highest BCUT2D eigenvalue weighted by atomic mass is 32.2. The van der Waals surface area contributed by atoms with Crippen molar-refractivity contribution in [1.82, 2.24) is 20.1 Å². The van der Waals surface area contributed by atoms with Crippen molar-refractivity contribution in [2.24, 2.45) is 5.92 Å². The first-order chi connectivity index (χ1) is 11.7. The van der Waals surface area contributed by atoms with Gasteiger partial charge < -0.3 is 9.88 Å². The maximum absolute atomic E-state index is 12.2. The zero-order valence-electron chi connectivity index (χ0n) is 14.8. The first-order valence-electron chi connectivity index (χ1n) is 9.55. The third-order valence-corrected chi connectivity index (χ3v) is 6.36. The van der Waals surface area contributed by atoms with E-state index >= 15 is 0 Å². The molecule has 0 aromatic carbocycles. The van der Waals surface area contributed by atoms with Crippen molar-refractivity contribution < 1.29 is 4.79 Å². The smallest absolute Gasteiger partial charge is 0.230 e. The van der Waals surface area contributed by atoms with Crippen LogP contribution in [0, 0.1) is 12.8 Å². The Labute approximate surface area is 149 Å². The molecular weight excluding hydrogens is 320 g/mol. The Balaban J connectivity index is 1.48. The molecule has 0 aliphatic heterocycles. The van der Waals surface area contributed by atoms with E-state index in [1.54, 1.807) is 0 Å². The van der Waals surface area contributed by atoms with Crippen molar-refractivity contribution >= 4 is 17.7 Å². The summed E-state index contributed by atoms with van der Waals surface area (Å²) >= 11 is 1.53. The Kier molecular flexibility index (Phi) is 6.58. The van der Waals surface area contributed by atoms with Crippen LogP contribution in [0.3, 0.4) is 0 Å². The molecule has 0 unspecified atom stereocenters. The summed E-state index contributed by atoms with van der Waals surface area (Å²) in [7, 11) is 0. The topological polar surface area (TPSA) is 59.8 Å². The summed E-state index contributed by atoms with van der Waals surface area (Å²) in [6.45, 7) is 2.86. The van der Waals surface area contributed by atoms with Crippen LogP contribution in [0.1, 0.15) is 76.1 Å². The lowest BCUT2D eigenvalue weighted by Crippen LogP contribution is -2.31. The fourth-order valence-corrected chi connectivity index (χ4v) is 4.92. The Bertz CT molecular complexity index is 533. The summed E-state index contributed by atoms with van der Waals surface area (Å²) in [6.07, 6.45) is 12.9. The number of aryl methyl sites for hydroxylation is 1. The lowest BCUT2D eigenvalue weighted by atomic mass is 9.89. The standard InChI is InChI=1S/C18H30N4OS/c1-14-20-21-18(22(14)16-10-6-3-7-11-16)24-13-17(23)19-12-15-8-4-2-5-9-15/h15-16H,2-13H2,1H3,(H,19,23). The first kappa shape index (κ1) is 17.8. The Morgan fingerprint density at radius 3 is 2.46 bits per heavy atom. The number of carbonyl (C=O) groups is 1. The summed E-state index contributed by atoms with van der Waals surface area (Å²) in [5.74, 6) is 2.23. The number of carbonyl (C=O) groups excluding carboxylic acids is 1. The molecule has 5 nitrogen and oxygen atoms in total. The van der Waals surface area contributed by atoms with Gasteiger partial charge in [0.1, 0.15) is 5.82 Å². The van der Waals surface area contributed by atoms with Crippen molar-refractivity contribution in [3.05, 3.63) is 5.82 Å². The van der Waals surface area contributed by atoms with Crippen LogP contribution in [0.5, 0.6) is 0 Å². The molecular formula is C18H30N4OS. The number of nitrogens with one attached hydrogen (secondary N) is 1. The van der Waals surface area contributed by atoms with E-state index in [0.717, 1.165) is 17.5 Å². The molecule has 1 amide bonds. The molecule has 2 aliphatic rings. The minimum absolute atomic E-state index is 0.126. The van der Waals surface area contributed by atoms with Crippen LogP contribution in [0.25, 0.3) is 0 Å². The van der Waals surface area contributed by atoms with E-state index < -0.39 is 0 Å². The third-order valence-electron chi connectivity index (χ3n) is 5.42. The summed E-state index contributed by atoms with van der Waals surface area (Å²) in [5, 5.41) is 12.6. The van der Waals surface area contributed by atoms with Gasteiger partial charge in [-0.05, 0) is 38.5 Å². The van der Waals surface area contributed by atoms with Gasteiger partial charge in [0.25, 0.3) is 0 Å². The van der Waals surface area contributed by atoms with Crippen LogP contribution in [-0.4, -0.2) is 33.0 Å². The fraction of sp³-hybridized carbons (Fsp3) is 0.833. The molecule has 2 aliphatic carbocycles. The summed E-state index contributed by atoms with van der Waals surface area (Å²) in [4.78, 5) is 12.2. The largest absolute Gasteiger partial charge is 0.355 e. The van der Waals surface area contributed by atoms with Gasteiger partial charge in [-0.1, -0.05) is 50.3 Å². The van der Waals surface area contributed by atoms with Gasteiger partial charge >= 0.3 is 0 Å². The van der Waals surface area contributed by atoms with Crippen LogP contribution < -0.4 is 5.32 Å². The number of aromatic nitrogens is 3. The van der Waals surface area contributed by atoms with Crippen LogP contribution in [0.2, 0.25) is 0 Å². The van der Waals surface area contributed by atoms with Gasteiger partial charge in [-0.15, -0.1) is 10.2 Å². The van der Waals surface area contributed by atoms with Crippen molar-refractivity contribution in [2.45, 2.75) is 82.3 Å². The van der Waals surface area contributed by atoms with Crippen molar-refractivity contribution in [3.63, 3.8) is 0 Å². The van der Waals surface area contributed by atoms with Gasteiger partial charge in [-0.3, -0.25) is 4.79 Å². The monoisotopic (exact) mass is 350 g/mol. The molecule has 3 rings (SSSR count). The molecule has 1 aromatic rings. The highest BCUT2D eigenvalue weighted by molar-refractivity contribution is 7.99. The molecule has 6 heteroatoms. The van der Waals surface area contributed by atoms with E-state index in [-0.39, 0.29) is 5.91 Å². The SMILES string of the molecule is Cc1nnc(SCC(=O)NCC2CCCCC2)n1C1CCCCC1. The number of amides is 1. The van der Waals surface area contributed by atoms with Gasteiger partial charge in [0, 0.05) is 12.6 Å². The molecule has 0 saturated heterocycles. The van der Waals surface area contributed by atoms with Crippen molar-refractivity contribution in [3.8, 4) is 0 Å². The highest BCUT2D eigenvalue weighted by Gasteiger charge is 2.22. The average molecular weight is 351 g/mol. The summed E-state index contributed by atoms with van der Waals surface area (Å²) in [6, 6.07) is 0.515. The maximum Gasteiger partial charge on any atom is 0.230 e. The lowest BCUT2D eigenvalue weighted by molar-refractivity contribution is -0.118. The molecule has 1 aromatic heterocycles. The van der Waals surface area contributed by atoms with Crippen LogP contribution in [0.4, 0.5) is 0 Å². The molecule has 1 N–H and O–H groups in total. The van der Waals surface area contributed by atoms with Gasteiger partial charge in [0.15, 0.2) is 5.16 Å². The second-order valence-electron chi connectivity index (χ2n) is 7.29. The van der Waals surface area contributed by atoms with E-state index in [0.29, 0.717) is 17.7 Å². The predicted octanol–water partition coefficient (Wildman–Crippen LogP) is 3.88. The average Bonchev–Trinajstić information content (AvgIpc) is 3.00. The maximum atomic E-state index is 12.2. The molecule has 0 atom stereocenters. The zero-order valence-corrected chi connectivity index (χ0v) is 15.6. The van der Waals surface area contributed by atoms with E-state index in [1.807, 2.05) is 6.92 Å². The van der Waals surface area contributed by atoms with Crippen LogP contribution in [-0.2, 0) is 4.79 Å². The first-order valence-corrected chi connectivity index (χ1v) is 10.5. The second kappa shape index (κ2) is 8.88. The minimum atomic E-state index is 0.126. The fourth-order valence-electron chi connectivity index (χ4n) is 4.04. The molecule has 2 fully saturated rings. The molecule has 0 radical (unpaired) electrons. The molecule has 2 saturated carbocycles. The van der Waals surface area contributed by atoms with Gasteiger partial charge in [-0.2, -0.15) is 0 Å². The zero-order chi connectivity index (χ0) is 16.8. The van der Waals surface area contributed by atoms with Crippen molar-refractivity contribution in [2.75, 3.05) is 12.3 Å². The molecule has 0 bridgehead atoms. The number of hydrogen-bond donors (Lipinski definition) is 1. The van der Waals surface area contributed by atoms with E-state index in [4.69, 9.17) is 0 Å². The molecule has 24 heavy (non-hydrogen) atoms. The van der Waals surface area contributed by atoms with Gasteiger partial charge in [0.05, 0.1) is 5.75 Å². The van der Waals surface area contributed by atoms with Crippen LogP contribution in [0.15, 0.2) is 5.16 Å². The van der Waals surface area contributed by atoms with E-state index in [1.165, 1.54) is 76.0 Å². The molecule has 0 spiro atoms. The van der Waals surface area contributed by atoms with Crippen molar-refractivity contribution in [1.29, 1.82) is 0 Å². The predicted molar refractivity (Wildman–Crippen MR) is 97.2 cm³/mol. The van der Waals surface area contributed by atoms with E-state index in [2.05, 4.69) is 20.1 Å². The number of nitrogens with zero attached hydrogens (tertiary/aromatic N) is 3. The van der Waals surface area contributed by atoms with E-state index in [9.17, 15) is 4.79 Å². The van der Waals surface area contributed by atoms with Crippen LogP contribution >= 0.6 is 11.8 Å². The van der Waals surface area contributed by atoms with Gasteiger partial charge in [0.2, 0.25) is 5.91 Å². The Morgan fingerprint density at radius 2 is 1.75 bits per heavy atom. The second-order valence-corrected chi connectivity index (χ2v) is 8.23. The molecule has 134 valence electrons. The Morgan fingerprint density at radius 1 is 1.08 bits per heavy atom. The third kappa shape index (κ3) is 4.74. The number of thioether (sulfide) groups is 1.